The average Bonchev–Trinajstić information content (AvgIpc) is 2.34. The molecule has 1 aliphatic rings. The maximum Gasteiger partial charge on any atom is 0.147 e. The van der Waals surface area contributed by atoms with Gasteiger partial charge in [-0.05, 0) is 41.4 Å². The molecule has 1 unspecified atom stereocenters. The van der Waals surface area contributed by atoms with Gasteiger partial charge >= 0.3 is 0 Å². The number of rotatable bonds is 3. The van der Waals surface area contributed by atoms with Gasteiger partial charge in [0, 0.05) is 25.2 Å². The van der Waals surface area contributed by atoms with Crippen LogP contribution in [0, 0.1) is 11.6 Å². The molecular formula is C13H17BrF2N2. The van der Waals surface area contributed by atoms with Gasteiger partial charge in [0.15, 0.2) is 0 Å². The van der Waals surface area contributed by atoms with Gasteiger partial charge in [0.05, 0.1) is 10.2 Å². The average molecular weight is 319 g/mol. The normalized spacial score (nSPS) is 20.2. The van der Waals surface area contributed by atoms with E-state index in [2.05, 4.69) is 28.2 Å². The molecule has 5 heteroatoms. The predicted octanol–water partition coefficient (Wildman–Crippen LogP) is 3.31. The van der Waals surface area contributed by atoms with Crippen LogP contribution in [0.4, 0.5) is 14.5 Å². The van der Waals surface area contributed by atoms with Crippen LogP contribution >= 0.6 is 15.9 Å². The van der Waals surface area contributed by atoms with E-state index < -0.39 is 5.82 Å². The van der Waals surface area contributed by atoms with Crippen molar-refractivity contribution in [3.8, 4) is 0 Å². The molecule has 18 heavy (non-hydrogen) atoms. The summed E-state index contributed by atoms with van der Waals surface area (Å²) >= 11 is 3.00. The first-order valence-electron chi connectivity index (χ1n) is 6.24. The van der Waals surface area contributed by atoms with Crippen molar-refractivity contribution >= 4 is 21.6 Å². The maximum atomic E-state index is 13.9. The Balaban J connectivity index is 2.18. The van der Waals surface area contributed by atoms with Crippen molar-refractivity contribution in [2.45, 2.75) is 25.8 Å². The monoisotopic (exact) mass is 318 g/mol. The Morgan fingerprint density at radius 1 is 1.39 bits per heavy atom. The fraction of sp³-hybridized carbons (Fsp3) is 0.538. The van der Waals surface area contributed by atoms with Gasteiger partial charge in [0.1, 0.15) is 11.6 Å². The van der Waals surface area contributed by atoms with E-state index in [0.717, 1.165) is 32.5 Å². The summed E-state index contributed by atoms with van der Waals surface area (Å²) in [6.07, 6.45) is 2.08. The summed E-state index contributed by atoms with van der Waals surface area (Å²) in [5.74, 6) is -0.794. The summed E-state index contributed by atoms with van der Waals surface area (Å²) in [5, 5.41) is 3.36. The number of hydrogen-bond donors (Lipinski definition) is 1. The number of piperidine rings is 1. The highest BCUT2D eigenvalue weighted by molar-refractivity contribution is 9.10. The van der Waals surface area contributed by atoms with Crippen LogP contribution in [0.5, 0.6) is 0 Å². The Morgan fingerprint density at radius 3 is 2.89 bits per heavy atom. The molecule has 1 N–H and O–H groups in total. The first-order valence-corrected chi connectivity index (χ1v) is 7.04. The molecule has 100 valence electrons. The number of likely N-dealkylation sites (N-methyl/N-ethyl adjacent to an activating group) is 1. The molecule has 1 saturated heterocycles. The van der Waals surface area contributed by atoms with E-state index in [4.69, 9.17) is 0 Å². The first-order chi connectivity index (χ1) is 8.61. The SMILES string of the molecule is CCNC1CCCN(c2cc(F)c(Br)cc2F)C1. The highest BCUT2D eigenvalue weighted by atomic mass is 79.9. The molecule has 0 bridgehead atoms. The van der Waals surface area contributed by atoms with E-state index in [9.17, 15) is 8.78 Å². The second-order valence-electron chi connectivity index (χ2n) is 4.56. The number of nitrogens with one attached hydrogen (secondary N) is 1. The van der Waals surface area contributed by atoms with Gasteiger partial charge in [-0.1, -0.05) is 6.92 Å². The fourth-order valence-corrected chi connectivity index (χ4v) is 2.72. The van der Waals surface area contributed by atoms with Crippen molar-refractivity contribution in [3.05, 3.63) is 28.2 Å². The highest BCUT2D eigenvalue weighted by Gasteiger charge is 2.22. The van der Waals surface area contributed by atoms with Crippen molar-refractivity contribution in [3.63, 3.8) is 0 Å². The van der Waals surface area contributed by atoms with Gasteiger partial charge in [-0.3, -0.25) is 0 Å². The van der Waals surface area contributed by atoms with Crippen LogP contribution in [0.2, 0.25) is 0 Å². The standard InChI is InChI=1S/C13H17BrF2N2/c1-2-17-9-4-3-5-18(8-9)13-7-11(15)10(14)6-12(13)16/h6-7,9,17H,2-5,8H2,1H3. The zero-order chi connectivity index (χ0) is 13.1. The Hall–Kier alpha value is -0.680. The lowest BCUT2D eigenvalue weighted by Gasteiger charge is -2.35. The van der Waals surface area contributed by atoms with Crippen molar-refractivity contribution in [2.24, 2.45) is 0 Å². The minimum absolute atomic E-state index is 0.170. The van der Waals surface area contributed by atoms with Gasteiger partial charge in [0.2, 0.25) is 0 Å². The van der Waals surface area contributed by atoms with E-state index in [1.807, 2.05) is 4.90 Å². The van der Waals surface area contributed by atoms with Crippen LogP contribution in [0.15, 0.2) is 16.6 Å². The van der Waals surface area contributed by atoms with Gasteiger partial charge in [-0.2, -0.15) is 0 Å². The number of halogens is 3. The first kappa shape index (κ1) is 13.7. The lowest BCUT2D eigenvalue weighted by molar-refractivity contribution is 0.427. The quantitative estimate of drug-likeness (QED) is 0.860. The number of anilines is 1. The van der Waals surface area contributed by atoms with E-state index >= 15 is 0 Å². The topological polar surface area (TPSA) is 15.3 Å². The minimum Gasteiger partial charge on any atom is -0.368 e. The van der Waals surface area contributed by atoms with Crippen LogP contribution in [0.3, 0.4) is 0 Å². The molecule has 1 aromatic rings. The Bertz CT molecular complexity index is 424. The van der Waals surface area contributed by atoms with Crippen molar-refractivity contribution in [2.75, 3.05) is 24.5 Å². The third-order valence-electron chi connectivity index (χ3n) is 3.24. The van der Waals surface area contributed by atoms with Crippen LogP contribution < -0.4 is 10.2 Å². The third kappa shape index (κ3) is 3.01. The zero-order valence-corrected chi connectivity index (χ0v) is 11.9. The second kappa shape index (κ2) is 5.97. The number of benzene rings is 1. The maximum absolute atomic E-state index is 13.9. The summed E-state index contributed by atoms with van der Waals surface area (Å²) in [6, 6.07) is 2.82. The molecular weight excluding hydrogens is 302 g/mol. The van der Waals surface area contributed by atoms with E-state index in [1.165, 1.54) is 12.1 Å². The number of hydrogen-bond acceptors (Lipinski definition) is 2. The lowest BCUT2D eigenvalue weighted by atomic mass is 10.0. The molecule has 0 spiro atoms. The third-order valence-corrected chi connectivity index (χ3v) is 3.85. The van der Waals surface area contributed by atoms with Crippen molar-refractivity contribution < 1.29 is 8.78 Å². The fourth-order valence-electron chi connectivity index (χ4n) is 2.41. The van der Waals surface area contributed by atoms with Gasteiger partial charge in [-0.15, -0.1) is 0 Å². The molecule has 0 saturated carbocycles. The molecule has 1 aromatic carbocycles. The molecule has 0 amide bonds. The summed E-state index contributed by atoms with van der Waals surface area (Å²) in [7, 11) is 0. The predicted molar refractivity (Wildman–Crippen MR) is 73.0 cm³/mol. The number of nitrogens with zero attached hydrogens (tertiary/aromatic N) is 1. The van der Waals surface area contributed by atoms with E-state index in [-0.39, 0.29) is 10.3 Å². The molecule has 0 radical (unpaired) electrons. The Kier molecular flexibility index (Phi) is 4.56. The summed E-state index contributed by atoms with van der Waals surface area (Å²) < 4.78 is 27.5. The highest BCUT2D eigenvalue weighted by Crippen LogP contribution is 2.28. The van der Waals surface area contributed by atoms with Gasteiger partial charge < -0.3 is 10.2 Å². The molecule has 1 fully saturated rings. The Labute approximate surface area is 114 Å². The molecule has 1 heterocycles. The Morgan fingerprint density at radius 2 is 2.17 bits per heavy atom. The summed E-state index contributed by atoms with van der Waals surface area (Å²) in [5.41, 5.74) is 0.360. The van der Waals surface area contributed by atoms with Gasteiger partial charge in [0.25, 0.3) is 0 Å². The molecule has 2 rings (SSSR count). The summed E-state index contributed by atoms with van der Waals surface area (Å²) in [6.45, 7) is 4.46. The van der Waals surface area contributed by atoms with E-state index in [1.54, 1.807) is 0 Å². The van der Waals surface area contributed by atoms with E-state index in [0.29, 0.717) is 11.7 Å². The van der Waals surface area contributed by atoms with Crippen molar-refractivity contribution in [1.29, 1.82) is 0 Å². The van der Waals surface area contributed by atoms with Gasteiger partial charge in [-0.25, -0.2) is 8.78 Å². The molecule has 1 atom stereocenters. The molecule has 0 aromatic heterocycles. The smallest absolute Gasteiger partial charge is 0.147 e. The van der Waals surface area contributed by atoms with Crippen molar-refractivity contribution in [1.82, 2.24) is 5.32 Å². The second-order valence-corrected chi connectivity index (χ2v) is 5.41. The van der Waals surface area contributed by atoms with Crippen LogP contribution in [-0.4, -0.2) is 25.7 Å². The summed E-state index contributed by atoms with van der Waals surface area (Å²) in [4.78, 5) is 1.92. The van der Waals surface area contributed by atoms with Crippen LogP contribution in [0.25, 0.3) is 0 Å². The molecule has 2 nitrogen and oxygen atoms in total. The minimum atomic E-state index is -0.419. The van der Waals surface area contributed by atoms with Crippen LogP contribution in [-0.2, 0) is 0 Å². The molecule has 1 aliphatic heterocycles. The largest absolute Gasteiger partial charge is 0.368 e. The zero-order valence-electron chi connectivity index (χ0n) is 10.3. The lowest BCUT2D eigenvalue weighted by Crippen LogP contribution is -2.46. The molecule has 0 aliphatic carbocycles. The van der Waals surface area contributed by atoms with Crippen LogP contribution in [0.1, 0.15) is 19.8 Å².